The highest BCUT2D eigenvalue weighted by Crippen LogP contribution is 2.17. The summed E-state index contributed by atoms with van der Waals surface area (Å²) in [6.07, 6.45) is 0. The normalized spacial score (nSPS) is 11.1. The van der Waals surface area contributed by atoms with E-state index in [9.17, 15) is 9.18 Å². The number of carbonyl (C=O) groups excluding carboxylic acids is 1. The number of aromatic amines is 1. The van der Waals surface area contributed by atoms with E-state index in [0.29, 0.717) is 15.8 Å². The quantitative estimate of drug-likeness (QED) is 0.839. The summed E-state index contributed by atoms with van der Waals surface area (Å²) in [5.74, 6) is -0.520. The van der Waals surface area contributed by atoms with Gasteiger partial charge in [-0.25, -0.2) is 4.39 Å². The lowest BCUT2D eigenvalue weighted by atomic mass is 10.3. The molecular formula is C12H14FN3OS. The van der Waals surface area contributed by atoms with Gasteiger partial charge in [-0.15, -0.1) is 0 Å². The first-order chi connectivity index (χ1) is 8.49. The van der Waals surface area contributed by atoms with Crippen LogP contribution in [0.2, 0.25) is 0 Å². The Morgan fingerprint density at radius 3 is 2.94 bits per heavy atom. The SMILES string of the molecule is CC(C)NC(=O)Cn1c(=S)[nH]c2c(F)cccc21. The second-order valence-corrected chi connectivity index (χ2v) is 4.76. The molecule has 2 aromatic rings. The Hall–Kier alpha value is -1.69. The molecule has 0 aliphatic rings. The molecule has 6 heteroatoms. The van der Waals surface area contributed by atoms with Crippen molar-refractivity contribution in [3.05, 3.63) is 28.8 Å². The first-order valence-corrected chi connectivity index (χ1v) is 6.06. The van der Waals surface area contributed by atoms with Crippen LogP contribution in [0.15, 0.2) is 18.2 Å². The van der Waals surface area contributed by atoms with Crippen molar-refractivity contribution >= 4 is 29.2 Å². The minimum Gasteiger partial charge on any atom is -0.352 e. The van der Waals surface area contributed by atoms with Gasteiger partial charge in [0, 0.05) is 6.04 Å². The number of fused-ring (bicyclic) bond motifs is 1. The largest absolute Gasteiger partial charge is 0.352 e. The van der Waals surface area contributed by atoms with E-state index in [1.807, 2.05) is 13.8 Å². The van der Waals surface area contributed by atoms with Gasteiger partial charge in [-0.2, -0.15) is 0 Å². The molecule has 4 nitrogen and oxygen atoms in total. The van der Waals surface area contributed by atoms with E-state index in [1.165, 1.54) is 6.07 Å². The predicted molar refractivity (Wildman–Crippen MR) is 70.4 cm³/mol. The molecule has 1 aromatic heterocycles. The number of aromatic nitrogens is 2. The van der Waals surface area contributed by atoms with Gasteiger partial charge in [0.15, 0.2) is 4.77 Å². The summed E-state index contributed by atoms with van der Waals surface area (Å²) in [4.78, 5) is 14.5. The van der Waals surface area contributed by atoms with Gasteiger partial charge < -0.3 is 14.9 Å². The van der Waals surface area contributed by atoms with Crippen LogP contribution in [-0.2, 0) is 11.3 Å². The van der Waals surface area contributed by atoms with Crippen molar-refractivity contribution in [2.24, 2.45) is 0 Å². The van der Waals surface area contributed by atoms with Crippen LogP contribution >= 0.6 is 12.2 Å². The van der Waals surface area contributed by atoms with Crippen molar-refractivity contribution in [2.75, 3.05) is 0 Å². The summed E-state index contributed by atoms with van der Waals surface area (Å²) in [5, 5.41) is 2.77. The van der Waals surface area contributed by atoms with Crippen molar-refractivity contribution < 1.29 is 9.18 Å². The summed E-state index contributed by atoms with van der Waals surface area (Å²) in [7, 11) is 0. The van der Waals surface area contributed by atoms with Crippen LogP contribution < -0.4 is 5.32 Å². The smallest absolute Gasteiger partial charge is 0.240 e. The fourth-order valence-electron chi connectivity index (χ4n) is 1.81. The molecule has 0 bridgehead atoms. The molecule has 0 spiro atoms. The third kappa shape index (κ3) is 2.43. The lowest BCUT2D eigenvalue weighted by Crippen LogP contribution is -2.33. The molecule has 0 atom stereocenters. The molecular weight excluding hydrogens is 253 g/mol. The molecule has 2 N–H and O–H groups in total. The second kappa shape index (κ2) is 4.89. The van der Waals surface area contributed by atoms with Crippen molar-refractivity contribution in [3.63, 3.8) is 0 Å². The third-order valence-electron chi connectivity index (χ3n) is 2.51. The van der Waals surface area contributed by atoms with Crippen LogP contribution in [0.5, 0.6) is 0 Å². The molecule has 96 valence electrons. The van der Waals surface area contributed by atoms with Crippen molar-refractivity contribution in [2.45, 2.75) is 26.4 Å². The minimum atomic E-state index is -0.374. The predicted octanol–water partition coefficient (Wildman–Crippen LogP) is 2.36. The summed E-state index contributed by atoms with van der Waals surface area (Å²) < 4.78 is 15.5. The lowest BCUT2D eigenvalue weighted by molar-refractivity contribution is -0.122. The van der Waals surface area contributed by atoms with E-state index < -0.39 is 0 Å². The van der Waals surface area contributed by atoms with E-state index in [4.69, 9.17) is 12.2 Å². The van der Waals surface area contributed by atoms with Gasteiger partial charge in [0.1, 0.15) is 17.9 Å². The van der Waals surface area contributed by atoms with Gasteiger partial charge >= 0.3 is 0 Å². The number of nitrogens with one attached hydrogen (secondary N) is 2. The molecule has 2 rings (SSSR count). The molecule has 0 unspecified atom stereocenters. The number of H-pyrrole nitrogens is 1. The maximum Gasteiger partial charge on any atom is 0.240 e. The average molecular weight is 267 g/mol. The van der Waals surface area contributed by atoms with Gasteiger partial charge in [0.2, 0.25) is 5.91 Å². The van der Waals surface area contributed by atoms with E-state index in [-0.39, 0.29) is 24.3 Å². The summed E-state index contributed by atoms with van der Waals surface area (Å²) in [5.41, 5.74) is 0.929. The Morgan fingerprint density at radius 2 is 2.28 bits per heavy atom. The third-order valence-corrected chi connectivity index (χ3v) is 2.83. The molecule has 0 radical (unpaired) electrons. The molecule has 18 heavy (non-hydrogen) atoms. The van der Waals surface area contributed by atoms with Gasteiger partial charge in [-0.1, -0.05) is 6.07 Å². The zero-order valence-corrected chi connectivity index (χ0v) is 11.0. The fourth-order valence-corrected chi connectivity index (χ4v) is 2.08. The topological polar surface area (TPSA) is 49.8 Å². The standard InChI is InChI=1S/C12H14FN3OS/c1-7(2)14-10(17)6-16-9-5-3-4-8(13)11(9)15-12(16)18/h3-5,7H,6H2,1-2H3,(H,14,17)(H,15,18). The van der Waals surface area contributed by atoms with Crippen LogP contribution in [0.3, 0.4) is 0 Å². The molecule has 1 aromatic carbocycles. The Bertz CT molecular complexity index is 644. The van der Waals surface area contributed by atoms with Crippen LogP contribution in [0.1, 0.15) is 13.8 Å². The zero-order valence-electron chi connectivity index (χ0n) is 10.2. The van der Waals surface area contributed by atoms with Crippen LogP contribution in [0.25, 0.3) is 11.0 Å². The first kappa shape index (κ1) is 12.8. The number of rotatable bonds is 3. The number of hydrogen-bond acceptors (Lipinski definition) is 2. The number of para-hydroxylation sites is 1. The molecule has 0 saturated carbocycles. The molecule has 1 amide bonds. The van der Waals surface area contributed by atoms with E-state index in [2.05, 4.69) is 10.3 Å². The number of imidazole rings is 1. The zero-order chi connectivity index (χ0) is 13.3. The van der Waals surface area contributed by atoms with Crippen molar-refractivity contribution in [3.8, 4) is 0 Å². The highest BCUT2D eigenvalue weighted by atomic mass is 32.1. The molecule has 0 saturated heterocycles. The number of halogens is 1. The molecule has 0 fully saturated rings. The van der Waals surface area contributed by atoms with Gasteiger partial charge in [0.25, 0.3) is 0 Å². The lowest BCUT2D eigenvalue weighted by Gasteiger charge is -2.09. The monoisotopic (exact) mass is 267 g/mol. The molecule has 1 heterocycles. The highest BCUT2D eigenvalue weighted by Gasteiger charge is 2.11. The number of hydrogen-bond donors (Lipinski definition) is 2. The summed E-state index contributed by atoms with van der Waals surface area (Å²) in [6.45, 7) is 3.85. The van der Waals surface area contributed by atoms with Crippen molar-refractivity contribution in [1.82, 2.24) is 14.9 Å². The molecule has 0 aliphatic carbocycles. The maximum absolute atomic E-state index is 13.5. The Balaban J connectivity index is 2.39. The van der Waals surface area contributed by atoms with E-state index in [0.717, 1.165) is 0 Å². The van der Waals surface area contributed by atoms with Gasteiger partial charge in [0.05, 0.1) is 5.52 Å². The minimum absolute atomic E-state index is 0.0635. The van der Waals surface area contributed by atoms with Crippen LogP contribution in [0, 0.1) is 10.6 Å². The number of benzene rings is 1. The van der Waals surface area contributed by atoms with Crippen LogP contribution in [0.4, 0.5) is 4.39 Å². The van der Waals surface area contributed by atoms with Crippen molar-refractivity contribution in [1.29, 1.82) is 0 Å². The molecule has 0 aliphatic heterocycles. The maximum atomic E-state index is 13.5. The second-order valence-electron chi connectivity index (χ2n) is 4.37. The Kier molecular flexibility index (Phi) is 3.47. The fraction of sp³-hybridized carbons (Fsp3) is 0.333. The van der Waals surface area contributed by atoms with Crippen LogP contribution in [-0.4, -0.2) is 21.5 Å². The Morgan fingerprint density at radius 1 is 1.56 bits per heavy atom. The number of nitrogens with zero attached hydrogens (tertiary/aromatic N) is 1. The van der Waals surface area contributed by atoms with Gasteiger partial charge in [-0.05, 0) is 38.2 Å². The number of carbonyl (C=O) groups is 1. The van der Waals surface area contributed by atoms with Gasteiger partial charge in [-0.3, -0.25) is 4.79 Å². The number of amides is 1. The first-order valence-electron chi connectivity index (χ1n) is 5.65. The summed E-state index contributed by atoms with van der Waals surface area (Å²) in [6, 6.07) is 4.74. The summed E-state index contributed by atoms with van der Waals surface area (Å²) >= 11 is 5.11. The average Bonchev–Trinajstić information content (AvgIpc) is 2.57. The Labute approximate surface area is 109 Å². The van der Waals surface area contributed by atoms with E-state index >= 15 is 0 Å². The highest BCUT2D eigenvalue weighted by molar-refractivity contribution is 7.71. The van der Waals surface area contributed by atoms with E-state index in [1.54, 1.807) is 16.7 Å².